The topological polar surface area (TPSA) is 92.9 Å². The molecule has 21 heavy (non-hydrogen) atoms. The number of nitrogens with one attached hydrogen (secondary N) is 2. The Balaban J connectivity index is 2.98. The number of aromatic nitrogens is 2. The van der Waals surface area contributed by atoms with Crippen LogP contribution in [0.4, 0.5) is 24.9 Å². The fourth-order valence-corrected chi connectivity index (χ4v) is 1.59. The summed E-state index contributed by atoms with van der Waals surface area (Å²) in [4.78, 5) is 18.2. The van der Waals surface area contributed by atoms with Crippen LogP contribution in [-0.2, 0) is 11.0 Å². The Morgan fingerprint density at radius 3 is 2.62 bits per heavy atom. The maximum Gasteiger partial charge on any atom is 0.433 e. The van der Waals surface area contributed by atoms with Gasteiger partial charge < -0.3 is 16.4 Å². The molecular weight excluding hydrogens is 287 g/mol. The highest BCUT2D eigenvalue weighted by atomic mass is 19.4. The van der Waals surface area contributed by atoms with Crippen LogP contribution in [0.3, 0.4) is 0 Å². The molecule has 1 unspecified atom stereocenters. The van der Waals surface area contributed by atoms with Crippen molar-refractivity contribution < 1.29 is 18.0 Å². The number of amides is 1. The van der Waals surface area contributed by atoms with Gasteiger partial charge in [0.1, 0.15) is 5.82 Å². The largest absolute Gasteiger partial charge is 0.433 e. The number of alkyl halides is 3. The van der Waals surface area contributed by atoms with Crippen LogP contribution in [0.2, 0.25) is 0 Å². The van der Waals surface area contributed by atoms with Gasteiger partial charge in [0.2, 0.25) is 11.9 Å². The number of primary amides is 1. The molecule has 1 heterocycles. The maximum atomic E-state index is 12.8. The van der Waals surface area contributed by atoms with Crippen LogP contribution in [0.5, 0.6) is 0 Å². The summed E-state index contributed by atoms with van der Waals surface area (Å²) in [5, 5.41) is 5.42. The number of carbonyl (C=O) groups is 1. The highest BCUT2D eigenvalue weighted by Crippen LogP contribution is 2.29. The van der Waals surface area contributed by atoms with Crippen LogP contribution >= 0.6 is 0 Å². The van der Waals surface area contributed by atoms with Crippen molar-refractivity contribution in [1.82, 2.24) is 9.97 Å². The number of nitrogens with two attached hydrogens (primary N) is 1. The van der Waals surface area contributed by atoms with E-state index >= 15 is 0 Å². The molecule has 4 N–H and O–H groups in total. The Morgan fingerprint density at radius 1 is 1.43 bits per heavy atom. The quantitative estimate of drug-likeness (QED) is 0.716. The minimum absolute atomic E-state index is 0.00956. The van der Waals surface area contributed by atoms with Crippen LogP contribution in [0.1, 0.15) is 32.4 Å². The summed E-state index contributed by atoms with van der Waals surface area (Å²) in [6.45, 7) is 3.95. The summed E-state index contributed by atoms with van der Waals surface area (Å²) >= 11 is 0. The molecule has 0 radical (unpaired) electrons. The number of rotatable bonds is 7. The summed E-state index contributed by atoms with van der Waals surface area (Å²) in [5.41, 5.74) is 3.99. The van der Waals surface area contributed by atoms with E-state index in [1.165, 1.54) is 0 Å². The van der Waals surface area contributed by atoms with Gasteiger partial charge >= 0.3 is 6.18 Å². The van der Waals surface area contributed by atoms with Crippen LogP contribution in [-0.4, -0.2) is 28.5 Å². The predicted molar refractivity (Wildman–Crippen MR) is 72.7 cm³/mol. The second-order valence-corrected chi connectivity index (χ2v) is 4.60. The molecule has 118 valence electrons. The molecular formula is C12H18F3N5O. The molecule has 0 saturated heterocycles. The average Bonchev–Trinajstić information content (AvgIpc) is 2.33. The Labute approximate surface area is 120 Å². The van der Waals surface area contributed by atoms with E-state index in [0.717, 1.165) is 12.5 Å². The van der Waals surface area contributed by atoms with E-state index in [4.69, 9.17) is 5.73 Å². The zero-order valence-corrected chi connectivity index (χ0v) is 11.8. The molecule has 0 aliphatic carbocycles. The van der Waals surface area contributed by atoms with Crippen molar-refractivity contribution in [3.63, 3.8) is 0 Å². The zero-order valence-electron chi connectivity index (χ0n) is 11.8. The van der Waals surface area contributed by atoms with Crippen molar-refractivity contribution in [1.29, 1.82) is 0 Å². The molecule has 9 heteroatoms. The molecule has 0 aliphatic rings. The first-order chi connectivity index (χ1) is 9.72. The minimum Gasteiger partial charge on any atom is -0.370 e. The lowest BCUT2D eigenvalue weighted by atomic mass is 10.2. The zero-order chi connectivity index (χ0) is 16.0. The van der Waals surface area contributed by atoms with E-state index in [0.29, 0.717) is 6.54 Å². The monoisotopic (exact) mass is 305 g/mol. The van der Waals surface area contributed by atoms with Gasteiger partial charge in [-0.1, -0.05) is 6.92 Å². The summed E-state index contributed by atoms with van der Waals surface area (Å²) < 4.78 is 38.4. The first-order valence-corrected chi connectivity index (χ1v) is 6.47. The number of hydrogen-bond acceptors (Lipinski definition) is 5. The molecule has 0 spiro atoms. The predicted octanol–water partition coefficient (Wildman–Crippen LogP) is 1.99. The van der Waals surface area contributed by atoms with Crippen molar-refractivity contribution in [3.05, 3.63) is 11.8 Å². The van der Waals surface area contributed by atoms with Crippen molar-refractivity contribution in [2.45, 2.75) is 38.9 Å². The smallest absolute Gasteiger partial charge is 0.370 e. The summed E-state index contributed by atoms with van der Waals surface area (Å²) in [6, 6.07) is 0.367. The maximum absolute atomic E-state index is 12.8. The van der Waals surface area contributed by atoms with E-state index in [9.17, 15) is 18.0 Å². The van der Waals surface area contributed by atoms with Crippen LogP contribution in [0.25, 0.3) is 0 Å². The highest BCUT2D eigenvalue weighted by molar-refractivity contribution is 5.74. The number of carbonyl (C=O) groups excluding carboxylic acids is 1. The van der Waals surface area contributed by atoms with E-state index in [2.05, 4.69) is 20.6 Å². The molecule has 1 aromatic heterocycles. The highest BCUT2D eigenvalue weighted by Gasteiger charge is 2.33. The Bertz CT molecular complexity index is 492. The number of nitrogens with zero attached hydrogens (tertiary/aromatic N) is 2. The van der Waals surface area contributed by atoms with Gasteiger partial charge in [-0.3, -0.25) is 4.79 Å². The fraction of sp³-hybridized carbons (Fsp3) is 0.583. The van der Waals surface area contributed by atoms with Gasteiger partial charge in [-0.25, -0.2) is 4.98 Å². The third-order valence-corrected chi connectivity index (χ3v) is 2.45. The first-order valence-electron chi connectivity index (χ1n) is 6.47. The molecule has 0 aromatic carbocycles. The fourth-order valence-electron chi connectivity index (χ4n) is 1.59. The third kappa shape index (κ3) is 5.84. The first kappa shape index (κ1) is 17.0. The third-order valence-electron chi connectivity index (χ3n) is 2.45. The van der Waals surface area contributed by atoms with Gasteiger partial charge in [0.15, 0.2) is 5.69 Å². The molecule has 6 nitrogen and oxygen atoms in total. The second-order valence-electron chi connectivity index (χ2n) is 4.60. The normalized spacial score (nSPS) is 12.8. The molecule has 0 saturated carbocycles. The van der Waals surface area contributed by atoms with E-state index < -0.39 is 23.8 Å². The Kier molecular flexibility index (Phi) is 5.74. The van der Waals surface area contributed by atoms with Crippen molar-refractivity contribution in [2.24, 2.45) is 5.73 Å². The van der Waals surface area contributed by atoms with Crippen LogP contribution in [0, 0.1) is 0 Å². The van der Waals surface area contributed by atoms with Crippen molar-refractivity contribution in [3.8, 4) is 0 Å². The molecule has 1 aromatic rings. The van der Waals surface area contributed by atoms with Gasteiger partial charge in [0, 0.05) is 25.1 Å². The molecule has 1 rings (SSSR count). The molecule has 1 atom stereocenters. The molecule has 1 amide bonds. The number of hydrogen-bond donors (Lipinski definition) is 3. The molecule has 0 aliphatic heterocycles. The standard InChI is InChI=1S/C12H18F3N5O/c1-3-4-17-11-19-8(12(13,14)15)6-10(20-11)18-7(2)5-9(16)21/h6-7H,3-5H2,1-2H3,(H2,16,21)(H2,17,18,19,20). The average molecular weight is 305 g/mol. The lowest BCUT2D eigenvalue weighted by Crippen LogP contribution is -2.25. The molecule has 0 bridgehead atoms. The van der Waals surface area contributed by atoms with Gasteiger partial charge in [-0.15, -0.1) is 0 Å². The summed E-state index contributed by atoms with van der Waals surface area (Å²) in [5.74, 6) is -0.672. The lowest BCUT2D eigenvalue weighted by molar-refractivity contribution is -0.141. The molecule has 0 fully saturated rings. The van der Waals surface area contributed by atoms with E-state index in [-0.39, 0.29) is 18.2 Å². The van der Waals surface area contributed by atoms with Gasteiger partial charge in [-0.05, 0) is 13.3 Å². The van der Waals surface area contributed by atoms with Crippen LogP contribution < -0.4 is 16.4 Å². The Morgan fingerprint density at radius 2 is 2.10 bits per heavy atom. The number of halogens is 3. The lowest BCUT2D eigenvalue weighted by Gasteiger charge is -2.15. The van der Waals surface area contributed by atoms with Crippen LogP contribution in [0.15, 0.2) is 6.07 Å². The second kappa shape index (κ2) is 7.09. The SMILES string of the molecule is CCCNc1nc(NC(C)CC(N)=O)cc(C(F)(F)F)n1. The van der Waals surface area contributed by atoms with Gasteiger partial charge in [0.05, 0.1) is 0 Å². The summed E-state index contributed by atoms with van der Waals surface area (Å²) in [7, 11) is 0. The van der Waals surface area contributed by atoms with Crippen molar-refractivity contribution in [2.75, 3.05) is 17.2 Å². The van der Waals surface area contributed by atoms with Gasteiger partial charge in [0.25, 0.3) is 0 Å². The van der Waals surface area contributed by atoms with E-state index in [1.807, 2.05) is 6.92 Å². The minimum atomic E-state index is -4.57. The Hall–Kier alpha value is -2.06. The van der Waals surface area contributed by atoms with Gasteiger partial charge in [-0.2, -0.15) is 18.2 Å². The summed E-state index contributed by atoms with van der Waals surface area (Å²) in [6.07, 6.45) is -3.86. The van der Waals surface area contributed by atoms with E-state index in [1.54, 1.807) is 6.92 Å². The van der Waals surface area contributed by atoms with Crippen molar-refractivity contribution >= 4 is 17.7 Å². The number of anilines is 2.